The number of aryl methyl sites for hydroxylation is 3. The van der Waals surface area contributed by atoms with Gasteiger partial charge in [0.1, 0.15) is 19.0 Å². The van der Waals surface area contributed by atoms with Gasteiger partial charge in [-0.25, -0.2) is 0 Å². The molecule has 3 rings (SSSR count). The number of aromatic nitrogens is 4. The molecule has 0 radical (unpaired) electrons. The first-order valence-electron chi connectivity index (χ1n) is 7.82. The molecule has 27 heavy (non-hydrogen) atoms. The molecule has 11 heteroatoms. The molecule has 0 aliphatic rings. The Morgan fingerprint density at radius 1 is 0.926 bits per heavy atom. The predicted molar refractivity (Wildman–Crippen MR) is 84.2 cm³/mol. The van der Waals surface area contributed by atoms with Crippen molar-refractivity contribution in [1.82, 2.24) is 20.3 Å². The molecule has 8 nitrogen and oxygen atoms in total. The molecule has 0 aliphatic heterocycles. The SMILES string of the molecule is Cc1nc(-c2cc(C)c(OCCOc3noc(C(F)(F)F)n3)c(C)c2)no1. The molecule has 0 bridgehead atoms. The van der Waals surface area contributed by atoms with Crippen molar-refractivity contribution in [3.05, 3.63) is 35.0 Å². The van der Waals surface area contributed by atoms with Gasteiger partial charge in [-0.15, -0.1) is 4.98 Å². The van der Waals surface area contributed by atoms with Gasteiger partial charge in [0.05, 0.1) is 0 Å². The summed E-state index contributed by atoms with van der Waals surface area (Å²) in [5, 5.41) is 6.98. The third kappa shape index (κ3) is 4.36. The minimum atomic E-state index is -4.71. The number of nitrogens with zero attached hydrogens (tertiary/aromatic N) is 4. The molecular weight excluding hydrogens is 369 g/mol. The number of alkyl halides is 3. The lowest BCUT2D eigenvalue weighted by molar-refractivity contribution is -0.159. The van der Waals surface area contributed by atoms with Gasteiger partial charge in [-0.05, 0) is 42.3 Å². The van der Waals surface area contributed by atoms with Gasteiger partial charge in [0.2, 0.25) is 11.7 Å². The fourth-order valence-electron chi connectivity index (χ4n) is 2.38. The van der Waals surface area contributed by atoms with E-state index >= 15 is 0 Å². The zero-order valence-corrected chi connectivity index (χ0v) is 14.6. The summed E-state index contributed by atoms with van der Waals surface area (Å²) in [5.74, 6) is 0.114. The number of hydrogen-bond acceptors (Lipinski definition) is 8. The van der Waals surface area contributed by atoms with Crippen LogP contribution in [0.1, 0.15) is 22.9 Å². The van der Waals surface area contributed by atoms with Crippen LogP contribution in [0.4, 0.5) is 13.2 Å². The summed E-state index contributed by atoms with van der Waals surface area (Å²) in [6.07, 6.45) is -4.71. The van der Waals surface area contributed by atoms with Gasteiger partial charge in [0.25, 0.3) is 0 Å². The zero-order chi connectivity index (χ0) is 19.6. The van der Waals surface area contributed by atoms with Crippen molar-refractivity contribution in [2.24, 2.45) is 0 Å². The molecule has 0 amide bonds. The largest absolute Gasteiger partial charge is 0.489 e. The number of benzene rings is 1. The molecule has 2 heterocycles. The van der Waals surface area contributed by atoms with Crippen molar-refractivity contribution in [3.8, 4) is 23.1 Å². The Morgan fingerprint density at radius 2 is 1.59 bits per heavy atom. The second-order valence-corrected chi connectivity index (χ2v) is 5.65. The Kier molecular flexibility index (Phi) is 5.02. The van der Waals surface area contributed by atoms with E-state index in [4.69, 9.17) is 14.0 Å². The van der Waals surface area contributed by atoms with E-state index < -0.39 is 18.1 Å². The maximum Gasteiger partial charge on any atom is 0.471 e. The van der Waals surface area contributed by atoms with Crippen LogP contribution >= 0.6 is 0 Å². The van der Waals surface area contributed by atoms with E-state index in [0.29, 0.717) is 17.5 Å². The average Bonchev–Trinajstić information content (AvgIpc) is 3.22. The molecule has 0 fully saturated rings. The van der Waals surface area contributed by atoms with Crippen LogP contribution in [0, 0.1) is 20.8 Å². The number of hydrogen-bond donors (Lipinski definition) is 0. The fraction of sp³-hybridized carbons (Fsp3) is 0.375. The van der Waals surface area contributed by atoms with Crippen LogP contribution in [-0.4, -0.2) is 33.5 Å². The maximum atomic E-state index is 12.4. The van der Waals surface area contributed by atoms with Crippen molar-refractivity contribution in [3.63, 3.8) is 0 Å². The Bertz CT molecular complexity index is 913. The Morgan fingerprint density at radius 3 is 2.15 bits per heavy atom. The number of rotatable bonds is 6. The monoisotopic (exact) mass is 384 g/mol. The standard InChI is InChI=1S/C16H15F3N4O4/c1-8-6-11(13-20-10(3)26-22-13)7-9(2)12(8)24-4-5-25-15-21-14(27-23-15)16(17,18)19/h6-7H,4-5H2,1-3H3. The highest BCUT2D eigenvalue weighted by molar-refractivity contribution is 5.60. The second kappa shape index (κ2) is 7.25. The fourth-order valence-corrected chi connectivity index (χ4v) is 2.38. The topological polar surface area (TPSA) is 96.3 Å². The Balaban J connectivity index is 1.59. The van der Waals surface area contributed by atoms with Gasteiger partial charge in [-0.3, -0.25) is 0 Å². The molecule has 0 saturated carbocycles. The van der Waals surface area contributed by atoms with Gasteiger partial charge in [0, 0.05) is 12.5 Å². The predicted octanol–water partition coefficient (Wildman–Crippen LogP) is 3.52. The molecule has 3 aromatic rings. The van der Waals surface area contributed by atoms with Gasteiger partial charge in [-0.2, -0.15) is 18.2 Å². The molecular formula is C16H15F3N4O4. The quantitative estimate of drug-likeness (QED) is 0.596. The third-order valence-electron chi connectivity index (χ3n) is 3.46. The molecule has 144 valence electrons. The molecule has 0 N–H and O–H groups in total. The third-order valence-corrected chi connectivity index (χ3v) is 3.46. The van der Waals surface area contributed by atoms with E-state index in [0.717, 1.165) is 16.7 Å². The highest BCUT2D eigenvalue weighted by atomic mass is 19.4. The van der Waals surface area contributed by atoms with Gasteiger partial charge in [-0.1, -0.05) is 5.16 Å². The lowest BCUT2D eigenvalue weighted by Crippen LogP contribution is -2.11. The summed E-state index contributed by atoms with van der Waals surface area (Å²) in [6.45, 7) is 5.44. The maximum absolute atomic E-state index is 12.4. The summed E-state index contributed by atoms with van der Waals surface area (Å²) >= 11 is 0. The first-order valence-corrected chi connectivity index (χ1v) is 7.82. The minimum Gasteiger partial charge on any atom is -0.489 e. The number of ether oxygens (including phenoxy) is 2. The van der Waals surface area contributed by atoms with Crippen LogP contribution in [0.25, 0.3) is 11.4 Å². The molecule has 0 aliphatic carbocycles. The molecule has 0 atom stereocenters. The minimum absolute atomic E-state index is 0.0541. The van der Waals surface area contributed by atoms with Crippen LogP contribution in [0.5, 0.6) is 11.8 Å². The number of halogens is 3. The van der Waals surface area contributed by atoms with Crippen LogP contribution in [0.3, 0.4) is 0 Å². The van der Waals surface area contributed by atoms with Gasteiger partial charge >= 0.3 is 18.1 Å². The van der Waals surface area contributed by atoms with Gasteiger partial charge < -0.3 is 18.5 Å². The summed E-state index contributed by atoms with van der Waals surface area (Å²) < 4.78 is 56.8. The van der Waals surface area contributed by atoms with E-state index in [1.807, 2.05) is 26.0 Å². The normalized spacial score (nSPS) is 11.6. The smallest absolute Gasteiger partial charge is 0.471 e. The van der Waals surface area contributed by atoms with Crippen molar-refractivity contribution in [2.75, 3.05) is 13.2 Å². The zero-order valence-electron chi connectivity index (χ0n) is 14.6. The Hall–Kier alpha value is -3.11. The first-order chi connectivity index (χ1) is 12.7. The summed E-state index contributed by atoms with van der Waals surface area (Å²) in [4.78, 5) is 7.28. The average molecular weight is 384 g/mol. The van der Waals surface area contributed by atoms with Gasteiger partial charge in [0.15, 0.2) is 0 Å². The molecule has 1 aromatic carbocycles. The van der Waals surface area contributed by atoms with Crippen LogP contribution in [0.15, 0.2) is 21.2 Å². The Labute approximate surface area is 151 Å². The van der Waals surface area contributed by atoms with Crippen molar-refractivity contribution in [2.45, 2.75) is 26.9 Å². The van der Waals surface area contributed by atoms with Crippen molar-refractivity contribution >= 4 is 0 Å². The van der Waals surface area contributed by atoms with Crippen molar-refractivity contribution in [1.29, 1.82) is 0 Å². The van der Waals surface area contributed by atoms with E-state index in [2.05, 4.69) is 24.8 Å². The van der Waals surface area contributed by atoms with Crippen LogP contribution in [-0.2, 0) is 6.18 Å². The summed E-state index contributed by atoms with van der Waals surface area (Å²) in [6, 6.07) is 3.20. The summed E-state index contributed by atoms with van der Waals surface area (Å²) in [5.41, 5.74) is 2.47. The lowest BCUT2D eigenvalue weighted by Gasteiger charge is -2.13. The molecule has 0 unspecified atom stereocenters. The second-order valence-electron chi connectivity index (χ2n) is 5.65. The molecule has 0 spiro atoms. The van der Waals surface area contributed by atoms with E-state index in [9.17, 15) is 13.2 Å². The highest BCUT2D eigenvalue weighted by Gasteiger charge is 2.38. The van der Waals surface area contributed by atoms with E-state index in [-0.39, 0.29) is 13.2 Å². The highest BCUT2D eigenvalue weighted by Crippen LogP contribution is 2.30. The van der Waals surface area contributed by atoms with Crippen LogP contribution < -0.4 is 9.47 Å². The first kappa shape index (κ1) is 18.7. The van der Waals surface area contributed by atoms with Crippen molar-refractivity contribution < 1.29 is 31.7 Å². The lowest BCUT2D eigenvalue weighted by atomic mass is 10.1. The summed E-state index contributed by atoms with van der Waals surface area (Å²) in [7, 11) is 0. The molecule has 0 saturated heterocycles. The van der Waals surface area contributed by atoms with Crippen LogP contribution in [0.2, 0.25) is 0 Å². The van der Waals surface area contributed by atoms with E-state index in [1.54, 1.807) is 6.92 Å². The molecule has 2 aromatic heterocycles. The van der Waals surface area contributed by atoms with E-state index in [1.165, 1.54) is 0 Å².